The molecule has 0 aromatic heterocycles. The molecule has 0 unspecified atom stereocenters. The molecule has 0 N–H and O–H groups in total. The number of aryl methyl sites for hydroxylation is 1. The molecule has 0 saturated carbocycles. The molecule has 64 valence electrons. The average Bonchev–Trinajstić information content (AvgIpc) is 1.97. The minimum absolute atomic E-state index is 0.353. The van der Waals surface area contributed by atoms with Gasteiger partial charge >= 0.3 is 0 Å². The Labute approximate surface area is 72.9 Å². The van der Waals surface area contributed by atoms with E-state index in [0.717, 1.165) is 6.07 Å². The van der Waals surface area contributed by atoms with Crippen LogP contribution in [0.2, 0.25) is 5.02 Å². The second kappa shape index (κ2) is 3.06. The number of nitro benzene ring substituents is 1. The first kappa shape index (κ1) is 8.93. The van der Waals surface area contributed by atoms with Gasteiger partial charge in [-0.15, -0.1) is 0 Å². The lowest BCUT2D eigenvalue weighted by Crippen LogP contribution is -1.94. The van der Waals surface area contributed by atoms with Crippen molar-refractivity contribution in [3.05, 3.63) is 38.7 Å². The summed E-state index contributed by atoms with van der Waals surface area (Å²) in [6.07, 6.45) is 0. The quantitative estimate of drug-likeness (QED) is 0.504. The smallest absolute Gasteiger partial charge is 0.258 e. The Kier molecular flexibility index (Phi) is 2.28. The highest BCUT2D eigenvalue weighted by Crippen LogP contribution is 2.29. The van der Waals surface area contributed by atoms with Crippen LogP contribution in [0.4, 0.5) is 10.1 Å². The predicted octanol–water partition coefficient (Wildman–Crippen LogP) is 2.70. The molecule has 5 heteroatoms. The largest absolute Gasteiger partial charge is 0.293 e. The van der Waals surface area contributed by atoms with Gasteiger partial charge in [-0.25, -0.2) is 4.39 Å². The molecule has 0 atom stereocenters. The van der Waals surface area contributed by atoms with Crippen molar-refractivity contribution in [2.24, 2.45) is 0 Å². The maximum atomic E-state index is 12.7. The monoisotopic (exact) mass is 189 g/mol. The highest BCUT2D eigenvalue weighted by atomic mass is 35.5. The number of hydrogen-bond donors (Lipinski definition) is 0. The fraction of sp³-hybridized carbons (Fsp3) is 0.143. The van der Waals surface area contributed by atoms with E-state index in [1.54, 1.807) is 0 Å². The number of hydrogen-bond acceptors (Lipinski definition) is 2. The van der Waals surface area contributed by atoms with E-state index in [4.69, 9.17) is 11.6 Å². The van der Waals surface area contributed by atoms with Gasteiger partial charge in [0.05, 0.1) is 4.92 Å². The zero-order valence-electron chi connectivity index (χ0n) is 6.17. The first-order valence-electron chi connectivity index (χ1n) is 3.13. The Morgan fingerprint density at radius 2 is 2.17 bits per heavy atom. The third-order valence-electron chi connectivity index (χ3n) is 1.45. The highest BCUT2D eigenvalue weighted by Gasteiger charge is 2.18. The van der Waals surface area contributed by atoms with Gasteiger partial charge in [-0.05, 0) is 19.1 Å². The molecular formula is C7H5ClFNO2. The maximum absolute atomic E-state index is 12.7. The minimum atomic E-state index is -0.769. The lowest BCUT2D eigenvalue weighted by Gasteiger charge is -1.99. The van der Waals surface area contributed by atoms with Crippen LogP contribution in [-0.2, 0) is 0 Å². The lowest BCUT2D eigenvalue weighted by molar-refractivity contribution is -0.385. The average molecular weight is 190 g/mol. The predicted molar refractivity (Wildman–Crippen MR) is 42.8 cm³/mol. The first-order chi connectivity index (χ1) is 5.54. The van der Waals surface area contributed by atoms with E-state index in [0.29, 0.717) is 5.56 Å². The van der Waals surface area contributed by atoms with Crippen LogP contribution in [0.5, 0.6) is 0 Å². The van der Waals surface area contributed by atoms with Crippen molar-refractivity contribution in [2.45, 2.75) is 6.92 Å². The summed E-state index contributed by atoms with van der Waals surface area (Å²) in [7, 11) is 0. The number of nitro groups is 1. The second-order valence-electron chi connectivity index (χ2n) is 2.28. The van der Waals surface area contributed by atoms with Gasteiger partial charge in [-0.1, -0.05) is 11.6 Å². The molecule has 0 aliphatic carbocycles. The van der Waals surface area contributed by atoms with Crippen molar-refractivity contribution in [3.8, 4) is 0 Å². The molecule has 0 heterocycles. The minimum Gasteiger partial charge on any atom is -0.258 e. The van der Waals surface area contributed by atoms with Crippen molar-refractivity contribution in [2.75, 3.05) is 0 Å². The van der Waals surface area contributed by atoms with Gasteiger partial charge in [0.25, 0.3) is 5.69 Å². The molecule has 0 saturated heterocycles. The molecule has 0 amide bonds. The summed E-state index contributed by atoms with van der Waals surface area (Å²) in [5.74, 6) is -0.769. The second-order valence-corrected chi connectivity index (χ2v) is 2.66. The molecule has 3 nitrogen and oxygen atoms in total. The van der Waals surface area contributed by atoms with E-state index in [1.807, 2.05) is 0 Å². The third-order valence-corrected chi connectivity index (χ3v) is 1.81. The van der Waals surface area contributed by atoms with Gasteiger partial charge in [-0.2, -0.15) is 0 Å². The molecule has 0 bridgehead atoms. The van der Waals surface area contributed by atoms with E-state index in [9.17, 15) is 14.5 Å². The fourth-order valence-corrected chi connectivity index (χ4v) is 1.14. The van der Waals surface area contributed by atoms with Crippen LogP contribution in [0, 0.1) is 22.9 Å². The van der Waals surface area contributed by atoms with Crippen LogP contribution in [0.3, 0.4) is 0 Å². The topological polar surface area (TPSA) is 43.1 Å². The van der Waals surface area contributed by atoms with Gasteiger partial charge in [0.2, 0.25) is 0 Å². The molecule has 1 aromatic carbocycles. The van der Waals surface area contributed by atoms with Gasteiger partial charge in [0.1, 0.15) is 5.82 Å². The molecule has 12 heavy (non-hydrogen) atoms. The summed E-state index contributed by atoms with van der Waals surface area (Å²) in [6.45, 7) is 1.50. The van der Waals surface area contributed by atoms with E-state index >= 15 is 0 Å². The molecule has 1 rings (SSSR count). The number of rotatable bonds is 1. The van der Waals surface area contributed by atoms with Crippen LogP contribution < -0.4 is 0 Å². The third kappa shape index (κ3) is 1.38. The molecule has 0 radical (unpaired) electrons. The van der Waals surface area contributed by atoms with Crippen molar-refractivity contribution in [1.29, 1.82) is 0 Å². The maximum Gasteiger partial charge on any atom is 0.293 e. The molecule has 0 aliphatic heterocycles. The number of halogens is 2. The van der Waals surface area contributed by atoms with Crippen molar-refractivity contribution >= 4 is 17.3 Å². The van der Waals surface area contributed by atoms with Crippen LogP contribution in [0.25, 0.3) is 0 Å². The van der Waals surface area contributed by atoms with E-state index in [1.165, 1.54) is 13.0 Å². The summed E-state index contributed by atoms with van der Waals surface area (Å²) in [5, 5.41) is 9.92. The van der Waals surface area contributed by atoms with Crippen LogP contribution in [-0.4, -0.2) is 4.92 Å². The fourth-order valence-electron chi connectivity index (χ4n) is 0.861. The zero-order chi connectivity index (χ0) is 9.30. The Morgan fingerprint density at radius 1 is 1.58 bits per heavy atom. The summed E-state index contributed by atoms with van der Waals surface area (Å²) in [4.78, 5) is 9.66. The molecular weight excluding hydrogens is 185 g/mol. The Hall–Kier alpha value is -1.16. The summed E-state index contributed by atoms with van der Waals surface area (Å²) >= 11 is 5.38. The highest BCUT2D eigenvalue weighted by molar-refractivity contribution is 6.32. The molecule has 0 aliphatic rings. The molecule has 0 spiro atoms. The van der Waals surface area contributed by atoms with Crippen LogP contribution in [0.1, 0.15) is 5.56 Å². The normalized spacial score (nSPS) is 9.92. The van der Waals surface area contributed by atoms with E-state index in [2.05, 4.69) is 0 Å². The van der Waals surface area contributed by atoms with Gasteiger partial charge in [0.15, 0.2) is 5.02 Å². The summed E-state index contributed by atoms with van der Waals surface area (Å²) < 4.78 is 12.7. The summed E-state index contributed by atoms with van der Waals surface area (Å²) in [6, 6.07) is 2.42. The Morgan fingerprint density at radius 3 is 2.58 bits per heavy atom. The van der Waals surface area contributed by atoms with Crippen LogP contribution in [0.15, 0.2) is 12.1 Å². The first-order valence-corrected chi connectivity index (χ1v) is 3.51. The number of nitrogens with zero attached hydrogens (tertiary/aromatic N) is 1. The van der Waals surface area contributed by atoms with Crippen LogP contribution >= 0.6 is 11.6 Å². The zero-order valence-corrected chi connectivity index (χ0v) is 6.93. The Balaban J connectivity index is 3.43. The van der Waals surface area contributed by atoms with Gasteiger partial charge in [-0.3, -0.25) is 10.1 Å². The standard InChI is InChI=1S/C7H5ClFNO2/c1-4-2-3-5(9)6(8)7(4)10(11)12/h2-3H,1H3. The summed E-state index contributed by atoms with van der Waals surface area (Å²) in [5.41, 5.74) is -0.0110. The van der Waals surface area contributed by atoms with Crippen molar-refractivity contribution < 1.29 is 9.31 Å². The van der Waals surface area contributed by atoms with Crippen molar-refractivity contribution in [3.63, 3.8) is 0 Å². The molecule has 0 fully saturated rings. The van der Waals surface area contributed by atoms with E-state index < -0.39 is 15.8 Å². The Bertz CT molecular complexity index is 340. The molecule has 1 aromatic rings. The SMILES string of the molecule is Cc1ccc(F)c(Cl)c1[N+](=O)[O-]. The van der Waals surface area contributed by atoms with Gasteiger partial charge < -0.3 is 0 Å². The van der Waals surface area contributed by atoms with E-state index in [-0.39, 0.29) is 5.69 Å². The van der Waals surface area contributed by atoms with Gasteiger partial charge in [0, 0.05) is 5.56 Å². The number of benzene rings is 1. The van der Waals surface area contributed by atoms with Crippen molar-refractivity contribution in [1.82, 2.24) is 0 Å². The lowest BCUT2D eigenvalue weighted by atomic mass is 10.2.